The standard InChI is InChI=1S/C17H19BrOS/c1-11-6-12(2)8-14(7-11)10-20-17-9-15(18)4-5-16(17)13(3)19/h4-9,13,19H,10H2,1-3H3. The highest BCUT2D eigenvalue weighted by atomic mass is 79.9. The van der Waals surface area contributed by atoms with E-state index >= 15 is 0 Å². The van der Waals surface area contributed by atoms with Crippen molar-refractivity contribution in [3.63, 3.8) is 0 Å². The average molecular weight is 351 g/mol. The largest absolute Gasteiger partial charge is 0.389 e. The molecular formula is C17H19BrOS. The smallest absolute Gasteiger partial charge is 0.0772 e. The topological polar surface area (TPSA) is 20.2 Å². The molecule has 20 heavy (non-hydrogen) atoms. The van der Waals surface area contributed by atoms with E-state index in [2.05, 4.69) is 54.0 Å². The number of thioether (sulfide) groups is 1. The van der Waals surface area contributed by atoms with Crippen LogP contribution in [0.5, 0.6) is 0 Å². The summed E-state index contributed by atoms with van der Waals surface area (Å²) in [5.41, 5.74) is 4.91. The Labute approximate surface area is 133 Å². The lowest BCUT2D eigenvalue weighted by Gasteiger charge is -2.12. The first-order chi connectivity index (χ1) is 9.45. The van der Waals surface area contributed by atoms with Crippen molar-refractivity contribution in [3.8, 4) is 0 Å². The van der Waals surface area contributed by atoms with Crippen LogP contribution in [0.2, 0.25) is 0 Å². The first kappa shape index (κ1) is 15.6. The van der Waals surface area contributed by atoms with Crippen molar-refractivity contribution >= 4 is 27.7 Å². The van der Waals surface area contributed by atoms with Gasteiger partial charge in [0.25, 0.3) is 0 Å². The van der Waals surface area contributed by atoms with Crippen LogP contribution in [0.3, 0.4) is 0 Å². The van der Waals surface area contributed by atoms with E-state index in [4.69, 9.17) is 0 Å². The third kappa shape index (κ3) is 4.11. The molecular weight excluding hydrogens is 332 g/mol. The first-order valence-corrected chi connectivity index (χ1v) is 8.41. The number of halogens is 1. The number of hydrogen-bond acceptors (Lipinski definition) is 2. The van der Waals surface area contributed by atoms with Gasteiger partial charge in [-0.25, -0.2) is 0 Å². The molecule has 0 aliphatic carbocycles. The Morgan fingerprint density at radius 2 is 1.75 bits per heavy atom. The van der Waals surface area contributed by atoms with Crippen LogP contribution in [0.25, 0.3) is 0 Å². The zero-order chi connectivity index (χ0) is 14.7. The summed E-state index contributed by atoms with van der Waals surface area (Å²) in [6.07, 6.45) is -0.440. The molecule has 0 heterocycles. The Kier molecular flexibility index (Phi) is 5.30. The molecule has 0 fully saturated rings. The maximum Gasteiger partial charge on any atom is 0.0772 e. The van der Waals surface area contributed by atoms with Crippen molar-refractivity contribution < 1.29 is 5.11 Å². The van der Waals surface area contributed by atoms with Crippen LogP contribution in [-0.4, -0.2) is 5.11 Å². The molecule has 1 atom stereocenters. The van der Waals surface area contributed by atoms with E-state index in [1.807, 2.05) is 19.1 Å². The van der Waals surface area contributed by atoms with Crippen molar-refractivity contribution in [2.24, 2.45) is 0 Å². The quantitative estimate of drug-likeness (QED) is 0.743. The molecule has 0 saturated carbocycles. The number of aliphatic hydroxyl groups excluding tert-OH is 1. The molecule has 2 aromatic carbocycles. The summed E-state index contributed by atoms with van der Waals surface area (Å²) in [7, 11) is 0. The lowest BCUT2D eigenvalue weighted by Crippen LogP contribution is -1.94. The summed E-state index contributed by atoms with van der Waals surface area (Å²) >= 11 is 5.27. The molecule has 0 radical (unpaired) electrons. The number of rotatable bonds is 4. The van der Waals surface area contributed by atoms with Crippen LogP contribution in [0.15, 0.2) is 45.8 Å². The van der Waals surface area contributed by atoms with Crippen LogP contribution in [-0.2, 0) is 5.75 Å². The SMILES string of the molecule is Cc1cc(C)cc(CSc2cc(Br)ccc2C(C)O)c1. The second-order valence-corrected chi connectivity index (χ2v) is 7.08. The highest BCUT2D eigenvalue weighted by Gasteiger charge is 2.09. The maximum absolute atomic E-state index is 9.85. The minimum atomic E-state index is -0.440. The van der Waals surface area contributed by atoms with Crippen LogP contribution < -0.4 is 0 Å². The lowest BCUT2D eigenvalue weighted by atomic mass is 10.1. The van der Waals surface area contributed by atoms with Crippen molar-refractivity contribution in [1.82, 2.24) is 0 Å². The van der Waals surface area contributed by atoms with Crippen molar-refractivity contribution in [2.75, 3.05) is 0 Å². The fourth-order valence-electron chi connectivity index (χ4n) is 2.29. The average Bonchev–Trinajstić information content (AvgIpc) is 2.35. The van der Waals surface area contributed by atoms with Gasteiger partial charge in [0.05, 0.1) is 6.10 Å². The molecule has 2 rings (SSSR count). The van der Waals surface area contributed by atoms with Gasteiger partial charge in [-0.1, -0.05) is 51.3 Å². The molecule has 0 aliphatic rings. The van der Waals surface area contributed by atoms with Crippen LogP contribution in [0.4, 0.5) is 0 Å². The van der Waals surface area contributed by atoms with Gasteiger partial charge in [-0.3, -0.25) is 0 Å². The zero-order valence-electron chi connectivity index (χ0n) is 12.0. The minimum absolute atomic E-state index is 0.440. The normalized spacial score (nSPS) is 12.4. The molecule has 0 bridgehead atoms. The molecule has 0 aromatic heterocycles. The third-order valence-electron chi connectivity index (χ3n) is 3.10. The summed E-state index contributed by atoms with van der Waals surface area (Å²) in [6, 6.07) is 12.7. The third-order valence-corrected chi connectivity index (χ3v) is 4.74. The predicted molar refractivity (Wildman–Crippen MR) is 90.3 cm³/mol. The van der Waals surface area contributed by atoms with Crippen molar-refractivity contribution in [2.45, 2.75) is 37.5 Å². The monoisotopic (exact) mass is 350 g/mol. The number of aryl methyl sites for hydroxylation is 2. The second kappa shape index (κ2) is 6.79. The Morgan fingerprint density at radius 1 is 1.10 bits per heavy atom. The molecule has 1 nitrogen and oxygen atoms in total. The first-order valence-electron chi connectivity index (χ1n) is 6.63. The van der Waals surface area contributed by atoms with Crippen LogP contribution in [0.1, 0.15) is 35.3 Å². The molecule has 1 N–H and O–H groups in total. The van der Waals surface area contributed by atoms with E-state index in [-0.39, 0.29) is 0 Å². The van der Waals surface area contributed by atoms with E-state index in [0.717, 1.165) is 20.7 Å². The second-order valence-electron chi connectivity index (χ2n) is 5.14. The van der Waals surface area contributed by atoms with Crippen molar-refractivity contribution in [1.29, 1.82) is 0 Å². The molecule has 0 spiro atoms. The molecule has 1 unspecified atom stereocenters. The fraction of sp³-hybridized carbons (Fsp3) is 0.294. The molecule has 0 aliphatic heterocycles. The maximum atomic E-state index is 9.85. The van der Waals surface area contributed by atoms with Crippen molar-refractivity contribution in [3.05, 3.63) is 63.1 Å². The Morgan fingerprint density at radius 3 is 2.35 bits per heavy atom. The highest BCUT2D eigenvalue weighted by Crippen LogP contribution is 2.32. The van der Waals surface area contributed by atoms with Gasteiger partial charge in [0.2, 0.25) is 0 Å². The Hall–Kier alpha value is -0.770. The van der Waals surface area contributed by atoms with Crippen LogP contribution in [0, 0.1) is 13.8 Å². The van der Waals surface area contributed by atoms with Gasteiger partial charge in [-0.2, -0.15) is 0 Å². The van der Waals surface area contributed by atoms with Gasteiger partial charge < -0.3 is 5.11 Å². The van der Waals surface area contributed by atoms with E-state index < -0.39 is 6.10 Å². The Bertz CT molecular complexity index is 588. The zero-order valence-corrected chi connectivity index (χ0v) is 14.4. The van der Waals surface area contributed by atoms with Gasteiger partial charge in [-0.15, -0.1) is 11.8 Å². The summed E-state index contributed by atoms with van der Waals surface area (Å²) in [4.78, 5) is 1.13. The van der Waals surface area contributed by atoms with E-state index in [9.17, 15) is 5.11 Å². The molecule has 0 amide bonds. The number of benzene rings is 2. The summed E-state index contributed by atoms with van der Waals surface area (Å²) in [5, 5.41) is 9.85. The Balaban J connectivity index is 2.20. The van der Waals surface area contributed by atoms with Gasteiger partial charge in [0, 0.05) is 15.1 Å². The highest BCUT2D eigenvalue weighted by molar-refractivity contribution is 9.10. The summed E-state index contributed by atoms with van der Waals surface area (Å²) in [6.45, 7) is 6.06. The summed E-state index contributed by atoms with van der Waals surface area (Å²) < 4.78 is 1.05. The lowest BCUT2D eigenvalue weighted by molar-refractivity contribution is 0.196. The molecule has 106 valence electrons. The fourth-order valence-corrected chi connectivity index (χ4v) is 3.91. The van der Waals surface area contributed by atoms with Gasteiger partial charge in [0.1, 0.15) is 0 Å². The van der Waals surface area contributed by atoms with E-state index in [1.54, 1.807) is 11.8 Å². The summed E-state index contributed by atoms with van der Waals surface area (Å²) in [5.74, 6) is 0.915. The van der Waals surface area contributed by atoms with Gasteiger partial charge in [-0.05, 0) is 44.0 Å². The molecule has 3 heteroatoms. The number of hydrogen-bond donors (Lipinski definition) is 1. The van der Waals surface area contributed by atoms with E-state index in [0.29, 0.717) is 0 Å². The molecule has 2 aromatic rings. The van der Waals surface area contributed by atoms with Crippen LogP contribution >= 0.6 is 27.7 Å². The van der Waals surface area contributed by atoms with Gasteiger partial charge >= 0.3 is 0 Å². The minimum Gasteiger partial charge on any atom is -0.389 e. The molecule has 0 saturated heterocycles. The predicted octanol–water partition coefficient (Wildman–Crippen LogP) is 5.41. The number of aliphatic hydroxyl groups is 1. The van der Waals surface area contributed by atoms with E-state index in [1.165, 1.54) is 16.7 Å². The van der Waals surface area contributed by atoms with Gasteiger partial charge in [0.15, 0.2) is 0 Å².